The highest BCUT2D eigenvalue weighted by molar-refractivity contribution is 5.85. The van der Waals surface area contributed by atoms with E-state index in [1.165, 1.54) is 5.57 Å². The van der Waals surface area contributed by atoms with Crippen LogP contribution in [0.4, 0.5) is 0 Å². The van der Waals surface area contributed by atoms with Crippen molar-refractivity contribution >= 4 is 5.57 Å². The van der Waals surface area contributed by atoms with E-state index in [0.29, 0.717) is 6.61 Å². The Kier molecular flexibility index (Phi) is 4.16. The molecular weight excluding hydrogens is 274 g/mol. The largest absolute Gasteiger partial charge is 0.508 e. The van der Waals surface area contributed by atoms with Crippen LogP contribution in [0, 0.1) is 0 Å². The van der Waals surface area contributed by atoms with Crippen LogP contribution in [0.5, 0.6) is 11.5 Å². The lowest BCUT2D eigenvalue weighted by atomic mass is 9.93. The average molecular weight is 295 g/mol. The van der Waals surface area contributed by atoms with E-state index in [4.69, 9.17) is 4.74 Å². The van der Waals surface area contributed by atoms with Crippen molar-refractivity contribution in [1.29, 1.82) is 0 Å². The Morgan fingerprint density at radius 3 is 2.77 bits per heavy atom. The molecule has 0 unspecified atom stereocenters. The minimum atomic E-state index is 0.279. The van der Waals surface area contributed by atoms with Gasteiger partial charge in [0.1, 0.15) is 18.1 Å². The van der Waals surface area contributed by atoms with Gasteiger partial charge < -0.3 is 14.7 Å². The van der Waals surface area contributed by atoms with Crippen LogP contribution in [0.15, 0.2) is 48.5 Å². The van der Waals surface area contributed by atoms with E-state index in [-0.39, 0.29) is 5.75 Å². The first-order valence-corrected chi connectivity index (χ1v) is 7.54. The van der Waals surface area contributed by atoms with Gasteiger partial charge in [0.15, 0.2) is 0 Å². The molecule has 2 aromatic carbocycles. The Hall–Kier alpha value is -2.26. The molecule has 3 nitrogen and oxygen atoms in total. The zero-order valence-electron chi connectivity index (χ0n) is 13.0. The molecule has 3 heteroatoms. The zero-order chi connectivity index (χ0) is 15.5. The molecule has 0 fully saturated rings. The molecule has 1 aliphatic rings. The molecule has 1 N–H and O–H groups in total. The molecule has 3 rings (SSSR count). The van der Waals surface area contributed by atoms with Crippen LogP contribution >= 0.6 is 0 Å². The molecule has 1 heterocycles. The topological polar surface area (TPSA) is 32.7 Å². The van der Waals surface area contributed by atoms with Crippen molar-refractivity contribution < 1.29 is 9.84 Å². The molecule has 0 saturated carbocycles. The number of hydrogen-bond acceptors (Lipinski definition) is 3. The van der Waals surface area contributed by atoms with Crippen molar-refractivity contribution in [2.45, 2.75) is 13.0 Å². The van der Waals surface area contributed by atoms with Gasteiger partial charge in [-0.05, 0) is 49.9 Å². The predicted molar refractivity (Wildman–Crippen MR) is 89.1 cm³/mol. The normalized spacial score (nSPS) is 15.1. The third-order valence-electron chi connectivity index (χ3n) is 3.86. The lowest BCUT2D eigenvalue weighted by molar-refractivity contribution is 0.306. The number of phenols is 1. The van der Waals surface area contributed by atoms with Gasteiger partial charge in [-0.2, -0.15) is 0 Å². The van der Waals surface area contributed by atoms with Crippen molar-refractivity contribution in [3.05, 3.63) is 65.2 Å². The highest BCUT2D eigenvalue weighted by Gasteiger charge is 2.18. The summed E-state index contributed by atoms with van der Waals surface area (Å²) in [5.74, 6) is 1.18. The zero-order valence-corrected chi connectivity index (χ0v) is 13.0. The maximum absolute atomic E-state index is 9.75. The van der Waals surface area contributed by atoms with Gasteiger partial charge in [-0.15, -0.1) is 0 Å². The van der Waals surface area contributed by atoms with Crippen LogP contribution in [0.25, 0.3) is 5.57 Å². The van der Waals surface area contributed by atoms with Crippen LogP contribution in [0.3, 0.4) is 0 Å². The van der Waals surface area contributed by atoms with Gasteiger partial charge in [-0.3, -0.25) is 0 Å². The van der Waals surface area contributed by atoms with Gasteiger partial charge in [0.05, 0.1) is 0 Å². The van der Waals surface area contributed by atoms with Crippen LogP contribution < -0.4 is 4.74 Å². The number of hydrogen-bond donors (Lipinski definition) is 1. The summed E-state index contributed by atoms with van der Waals surface area (Å²) in [6, 6.07) is 13.6. The van der Waals surface area contributed by atoms with Crippen molar-refractivity contribution in [2.24, 2.45) is 0 Å². The summed E-state index contributed by atoms with van der Waals surface area (Å²) in [6.07, 6.45) is 3.24. The smallest absolute Gasteiger partial charge is 0.127 e. The fraction of sp³-hybridized carbons (Fsp3) is 0.263. The summed E-state index contributed by atoms with van der Waals surface area (Å²) in [4.78, 5) is 2.17. The first-order valence-electron chi connectivity index (χ1n) is 7.54. The summed E-state index contributed by atoms with van der Waals surface area (Å²) in [6.45, 7) is 1.48. The first kappa shape index (κ1) is 14.7. The Labute approximate surface area is 131 Å². The summed E-state index contributed by atoms with van der Waals surface area (Å²) >= 11 is 0. The minimum Gasteiger partial charge on any atom is -0.508 e. The van der Waals surface area contributed by atoms with E-state index in [0.717, 1.165) is 35.4 Å². The van der Waals surface area contributed by atoms with E-state index >= 15 is 0 Å². The molecule has 0 atom stereocenters. The Morgan fingerprint density at radius 1 is 1.14 bits per heavy atom. The standard InChI is InChI=1S/C19H21NO2/c1-20(2)11-5-7-17-16-10-9-15(21)12-14(16)13-22-19-8-4-3-6-18(17)19/h3-4,6-10,12,21H,5,11,13H2,1-2H3. The molecule has 0 amide bonds. The first-order chi connectivity index (χ1) is 10.6. The number of benzene rings is 2. The molecule has 0 bridgehead atoms. The van der Waals surface area contributed by atoms with Crippen molar-refractivity contribution in [3.63, 3.8) is 0 Å². The van der Waals surface area contributed by atoms with Crippen molar-refractivity contribution in [3.8, 4) is 11.5 Å². The van der Waals surface area contributed by atoms with Crippen LogP contribution in [-0.4, -0.2) is 30.6 Å². The van der Waals surface area contributed by atoms with Crippen LogP contribution in [0.1, 0.15) is 23.1 Å². The molecule has 0 saturated heterocycles. The SMILES string of the molecule is CN(C)CCC=C1c2ccc(O)cc2COc2ccccc21. The summed E-state index contributed by atoms with van der Waals surface area (Å²) < 4.78 is 5.93. The van der Waals surface area contributed by atoms with Gasteiger partial charge in [-0.25, -0.2) is 0 Å². The molecule has 22 heavy (non-hydrogen) atoms. The van der Waals surface area contributed by atoms with Crippen molar-refractivity contribution in [1.82, 2.24) is 4.90 Å². The molecule has 114 valence electrons. The lowest BCUT2D eigenvalue weighted by Gasteiger charge is -2.12. The molecule has 0 aliphatic carbocycles. The number of aromatic hydroxyl groups is 1. The van der Waals surface area contributed by atoms with Gasteiger partial charge in [0.2, 0.25) is 0 Å². The predicted octanol–water partition coefficient (Wildman–Crippen LogP) is 3.67. The number of rotatable bonds is 3. The van der Waals surface area contributed by atoms with E-state index in [1.807, 2.05) is 24.3 Å². The average Bonchev–Trinajstić information content (AvgIpc) is 2.64. The Balaban J connectivity index is 2.08. The van der Waals surface area contributed by atoms with E-state index < -0.39 is 0 Å². The summed E-state index contributed by atoms with van der Waals surface area (Å²) in [5.41, 5.74) is 4.46. The second-order valence-corrected chi connectivity index (χ2v) is 5.84. The summed E-state index contributed by atoms with van der Waals surface area (Å²) in [7, 11) is 4.16. The van der Waals surface area contributed by atoms with Gasteiger partial charge in [-0.1, -0.05) is 30.3 Å². The molecule has 0 aromatic heterocycles. The molecule has 1 aliphatic heterocycles. The third kappa shape index (κ3) is 3.00. The van der Waals surface area contributed by atoms with E-state index in [9.17, 15) is 5.11 Å². The maximum atomic E-state index is 9.75. The lowest BCUT2D eigenvalue weighted by Crippen LogP contribution is -2.12. The Morgan fingerprint density at radius 2 is 1.95 bits per heavy atom. The second-order valence-electron chi connectivity index (χ2n) is 5.84. The highest BCUT2D eigenvalue weighted by atomic mass is 16.5. The van der Waals surface area contributed by atoms with Crippen molar-refractivity contribution in [2.75, 3.05) is 20.6 Å². The monoisotopic (exact) mass is 295 g/mol. The minimum absolute atomic E-state index is 0.279. The van der Waals surface area contributed by atoms with Gasteiger partial charge >= 0.3 is 0 Å². The Bertz CT molecular complexity index is 704. The third-order valence-corrected chi connectivity index (χ3v) is 3.86. The van der Waals surface area contributed by atoms with E-state index in [1.54, 1.807) is 12.1 Å². The number of fused-ring (bicyclic) bond motifs is 2. The second kappa shape index (κ2) is 6.24. The fourth-order valence-corrected chi connectivity index (χ4v) is 2.76. The number of nitrogens with zero attached hydrogens (tertiary/aromatic N) is 1. The maximum Gasteiger partial charge on any atom is 0.127 e. The van der Waals surface area contributed by atoms with Gasteiger partial charge in [0.25, 0.3) is 0 Å². The summed E-state index contributed by atoms with van der Waals surface area (Å²) in [5, 5.41) is 9.75. The quantitative estimate of drug-likeness (QED) is 0.938. The molecular formula is C19H21NO2. The molecule has 2 aromatic rings. The molecule has 0 spiro atoms. The molecule has 0 radical (unpaired) electrons. The van der Waals surface area contributed by atoms with Gasteiger partial charge in [0, 0.05) is 17.7 Å². The number of para-hydroxylation sites is 1. The van der Waals surface area contributed by atoms with E-state index in [2.05, 4.69) is 31.1 Å². The fourth-order valence-electron chi connectivity index (χ4n) is 2.76. The van der Waals surface area contributed by atoms with Crippen LogP contribution in [0.2, 0.25) is 0 Å². The van der Waals surface area contributed by atoms with Crippen LogP contribution in [-0.2, 0) is 6.61 Å². The number of ether oxygens (including phenoxy) is 1. The number of phenolic OH excluding ortho intramolecular Hbond substituents is 1. The highest BCUT2D eigenvalue weighted by Crippen LogP contribution is 2.37.